The second-order valence-corrected chi connectivity index (χ2v) is 6.51. The van der Waals surface area contributed by atoms with E-state index in [1.807, 2.05) is 57.7 Å². The molecule has 0 fully saturated rings. The van der Waals surface area contributed by atoms with Crippen molar-refractivity contribution in [3.05, 3.63) is 23.8 Å². The zero-order valence-corrected chi connectivity index (χ0v) is 18.9. The molecule has 1 amide bonds. The van der Waals surface area contributed by atoms with Crippen LogP contribution in [0.4, 0.5) is 0 Å². The van der Waals surface area contributed by atoms with E-state index in [2.05, 4.69) is 22.5 Å². The fourth-order valence-electron chi connectivity index (χ4n) is 2.94. The van der Waals surface area contributed by atoms with Gasteiger partial charge in [-0.25, -0.2) is 0 Å². The van der Waals surface area contributed by atoms with E-state index in [1.165, 1.54) is 0 Å². The minimum atomic E-state index is 0.0150. The molecule has 0 aliphatic carbocycles. The standard InChI is InChI=1S/C22H38N4O3/c1-7-23-22(24-15-14-21(27)26(8-2)9-3)25-17(6)18-12-13-19(28-10-4)20(16-18)29-11-5/h12-13,16-17H,7-11,14-15H2,1-6H3,(H2,23,24,25). The van der Waals surface area contributed by atoms with Crippen LogP contribution < -0.4 is 20.1 Å². The maximum Gasteiger partial charge on any atom is 0.224 e. The average Bonchev–Trinajstić information content (AvgIpc) is 2.70. The van der Waals surface area contributed by atoms with Gasteiger partial charge in [0.05, 0.1) is 25.8 Å². The van der Waals surface area contributed by atoms with Crippen molar-refractivity contribution in [1.82, 2.24) is 15.5 Å². The molecule has 0 saturated heterocycles. The predicted molar refractivity (Wildman–Crippen MR) is 119 cm³/mol. The number of benzene rings is 1. The Hall–Kier alpha value is -2.44. The molecular weight excluding hydrogens is 368 g/mol. The van der Waals surface area contributed by atoms with Crippen molar-refractivity contribution in [2.24, 2.45) is 4.99 Å². The number of carbonyl (C=O) groups is 1. The summed E-state index contributed by atoms with van der Waals surface area (Å²) in [7, 11) is 0. The van der Waals surface area contributed by atoms with Crippen molar-refractivity contribution in [2.45, 2.75) is 54.0 Å². The molecule has 7 heteroatoms. The first kappa shape index (κ1) is 24.6. The number of amides is 1. The summed E-state index contributed by atoms with van der Waals surface area (Å²) in [4.78, 5) is 18.6. The van der Waals surface area contributed by atoms with Crippen molar-refractivity contribution >= 4 is 11.9 Å². The van der Waals surface area contributed by atoms with Gasteiger partial charge in [0.2, 0.25) is 5.91 Å². The van der Waals surface area contributed by atoms with Gasteiger partial charge in [-0.15, -0.1) is 0 Å². The van der Waals surface area contributed by atoms with Crippen LogP contribution in [0.5, 0.6) is 11.5 Å². The highest BCUT2D eigenvalue weighted by Crippen LogP contribution is 2.30. The summed E-state index contributed by atoms with van der Waals surface area (Å²) in [5, 5.41) is 6.65. The number of hydrogen-bond donors (Lipinski definition) is 2. The second kappa shape index (κ2) is 13.7. The summed E-state index contributed by atoms with van der Waals surface area (Å²) < 4.78 is 11.4. The number of hydrogen-bond acceptors (Lipinski definition) is 4. The van der Waals surface area contributed by atoms with Crippen LogP contribution in [0.2, 0.25) is 0 Å². The zero-order chi connectivity index (χ0) is 21.6. The van der Waals surface area contributed by atoms with Crippen LogP contribution in [0.1, 0.15) is 59.6 Å². The molecule has 1 rings (SSSR count). The molecule has 0 radical (unpaired) electrons. The lowest BCUT2D eigenvalue weighted by molar-refractivity contribution is -0.130. The van der Waals surface area contributed by atoms with Gasteiger partial charge in [-0.05, 0) is 59.2 Å². The molecule has 0 heterocycles. The Morgan fingerprint density at radius 1 is 1.07 bits per heavy atom. The number of guanidine groups is 1. The van der Waals surface area contributed by atoms with E-state index in [0.717, 1.165) is 36.7 Å². The zero-order valence-electron chi connectivity index (χ0n) is 18.9. The molecule has 0 aromatic heterocycles. The molecule has 0 saturated carbocycles. The van der Waals surface area contributed by atoms with Gasteiger partial charge >= 0.3 is 0 Å². The molecule has 1 aromatic rings. The lowest BCUT2D eigenvalue weighted by Gasteiger charge is -2.20. The van der Waals surface area contributed by atoms with Crippen LogP contribution in [0.3, 0.4) is 0 Å². The van der Waals surface area contributed by atoms with E-state index < -0.39 is 0 Å². The van der Waals surface area contributed by atoms with Crippen molar-refractivity contribution in [1.29, 1.82) is 0 Å². The van der Waals surface area contributed by atoms with Gasteiger partial charge in [0.25, 0.3) is 0 Å². The van der Waals surface area contributed by atoms with Gasteiger partial charge in [0.15, 0.2) is 17.5 Å². The third-order valence-electron chi connectivity index (χ3n) is 4.48. The Labute approximate surface area is 175 Å². The number of ether oxygens (including phenoxy) is 2. The molecule has 0 aliphatic heterocycles. The van der Waals surface area contributed by atoms with Gasteiger partial charge in [0, 0.05) is 26.1 Å². The third-order valence-corrected chi connectivity index (χ3v) is 4.48. The quantitative estimate of drug-likeness (QED) is 0.411. The predicted octanol–water partition coefficient (Wildman–Crippen LogP) is 3.36. The molecule has 2 N–H and O–H groups in total. The van der Waals surface area contributed by atoms with Gasteiger partial charge in [-0.3, -0.25) is 9.79 Å². The van der Waals surface area contributed by atoms with Crippen LogP contribution in [0.15, 0.2) is 23.2 Å². The Balaban J connectivity index is 2.82. The van der Waals surface area contributed by atoms with Crippen LogP contribution in [-0.4, -0.2) is 56.2 Å². The van der Waals surface area contributed by atoms with Crippen LogP contribution in [0.25, 0.3) is 0 Å². The van der Waals surface area contributed by atoms with E-state index in [9.17, 15) is 4.79 Å². The third kappa shape index (κ3) is 8.21. The SMILES string of the molecule is CCNC(=NCCC(=O)N(CC)CC)NC(C)c1ccc(OCC)c(OCC)c1. The van der Waals surface area contributed by atoms with E-state index in [-0.39, 0.29) is 11.9 Å². The number of carbonyl (C=O) groups excluding carboxylic acids is 1. The molecule has 7 nitrogen and oxygen atoms in total. The van der Waals surface area contributed by atoms with E-state index in [0.29, 0.717) is 32.1 Å². The Kier molecular flexibility index (Phi) is 11.6. The first-order valence-corrected chi connectivity index (χ1v) is 10.7. The highest BCUT2D eigenvalue weighted by molar-refractivity contribution is 5.81. The topological polar surface area (TPSA) is 75.2 Å². The van der Waals surface area contributed by atoms with Gasteiger partial charge < -0.3 is 25.0 Å². The first-order valence-electron chi connectivity index (χ1n) is 10.7. The van der Waals surface area contributed by atoms with Gasteiger partial charge in [0.1, 0.15) is 0 Å². The highest BCUT2D eigenvalue weighted by atomic mass is 16.5. The van der Waals surface area contributed by atoms with Crippen molar-refractivity contribution in [3.8, 4) is 11.5 Å². The molecular formula is C22H38N4O3. The van der Waals surface area contributed by atoms with Gasteiger partial charge in [-0.1, -0.05) is 6.07 Å². The Morgan fingerprint density at radius 2 is 1.72 bits per heavy atom. The maximum atomic E-state index is 12.2. The summed E-state index contributed by atoms with van der Waals surface area (Å²) in [5.74, 6) is 2.32. The van der Waals surface area contributed by atoms with Crippen molar-refractivity contribution < 1.29 is 14.3 Å². The van der Waals surface area contributed by atoms with Crippen molar-refractivity contribution in [2.75, 3.05) is 39.4 Å². The molecule has 0 bridgehead atoms. The average molecular weight is 407 g/mol. The summed E-state index contributed by atoms with van der Waals surface area (Å²) in [5.41, 5.74) is 1.07. The molecule has 0 aliphatic rings. The van der Waals surface area contributed by atoms with E-state index >= 15 is 0 Å². The first-order chi connectivity index (χ1) is 14.0. The molecule has 164 valence electrons. The van der Waals surface area contributed by atoms with Crippen LogP contribution >= 0.6 is 0 Å². The molecule has 1 atom stereocenters. The summed E-state index contributed by atoms with van der Waals surface area (Å²) in [6.07, 6.45) is 0.407. The van der Waals surface area contributed by atoms with Gasteiger partial charge in [-0.2, -0.15) is 0 Å². The maximum absolute atomic E-state index is 12.2. The molecule has 0 spiro atoms. The van der Waals surface area contributed by atoms with Crippen LogP contribution in [-0.2, 0) is 4.79 Å². The minimum absolute atomic E-state index is 0.0150. The number of rotatable bonds is 12. The fourth-order valence-corrected chi connectivity index (χ4v) is 2.94. The lowest BCUT2D eigenvalue weighted by Crippen LogP contribution is -2.39. The monoisotopic (exact) mass is 406 g/mol. The number of nitrogens with one attached hydrogen (secondary N) is 2. The second-order valence-electron chi connectivity index (χ2n) is 6.51. The fraction of sp³-hybridized carbons (Fsp3) is 0.636. The minimum Gasteiger partial charge on any atom is -0.490 e. The summed E-state index contributed by atoms with van der Waals surface area (Å²) in [6.45, 7) is 15.8. The Bertz CT molecular complexity index is 645. The van der Waals surface area contributed by atoms with Crippen molar-refractivity contribution in [3.63, 3.8) is 0 Å². The summed E-state index contributed by atoms with van der Waals surface area (Å²) in [6, 6.07) is 5.98. The Morgan fingerprint density at radius 3 is 2.31 bits per heavy atom. The number of aliphatic imine (C=N–C) groups is 1. The summed E-state index contributed by atoms with van der Waals surface area (Å²) >= 11 is 0. The van der Waals surface area contributed by atoms with E-state index in [1.54, 1.807) is 0 Å². The lowest BCUT2D eigenvalue weighted by atomic mass is 10.1. The molecule has 29 heavy (non-hydrogen) atoms. The highest BCUT2D eigenvalue weighted by Gasteiger charge is 2.13. The largest absolute Gasteiger partial charge is 0.490 e. The molecule has 1 aromatic carbocycles. The smallest absolute Gasteiger partial charge is 0.224 e. The normalized spacial score (nSPS) is 12.3. The molecule has 1 unspecified atom stereocenters. The van der Waals surface area contributed by atoms with E-state index in [4.69, 9.17) is 9.47 Å². The number of nitrogens with zero attached hydrogens (tertiary/aromatic N) is 2. The van der Waals surface area contributed by atoms with Crippen LogP contribution in [0, 0.1) is 0 Å².